The van der Waals surface area contributed by atoms with E-state index in [-0.39, 0.29) is 24.5 Å². The van der Waals surface area contributed by atoms with Crippen LogP contribution in [0, 0.1) is 10.8 Å². The molecule has 2 aromatic carbocycles. The monoisotopic (exact) mass is 377 g/mol. The number of aliphatic carboxylic acids is 1. The molecule has 2 N–H and O–H groups in total. The summed E-state index contributed by atoms with van der Waals surface area (Å²) in [5.41, 5.74) is 3.80. The van der Waals surface area contributed by atoms with Gasteiger partial charge in [0.2, 0.25) is 0 Å². The smallest absolute Gasteiger partial charge is 0.407 e. The van der Waals surface area contributed by atoms with E-state index < -0.39 is 17.5 Å². The van der Waals surface area contributed by atoms with Crippen molar-refractivity contribution >= 4 is 12.1 Å². The lowest BCUT2D eigenvalue weighted by Crippen LogP contribution is -2.40. The zero-order valence-electron chi connectivity index (χ0n) is 15.6. The molecule has 1 atom stereocenters. The summed E-state index contributed by atoms with van der Waals surface area (Å²) in [5, 5.41) is 12.4. The van der Waals surface area contributed by atoms with E-state index in [4.69, 9.17) is 4.74 Å². The molecular formula is C23H23NO4. The zero-order valence-corrected chi connectivity index (χ0v) is 15.6. The molecule has 2 aromatic rings. The van der Waals surface area contributed by atoms with Crippen LogP contribution in [-0.4, -0.2) is 30.3 Å². The van der Waals surface area contributed by atoms with Crippen molar-refractivity contribution in [2.24, 2.45) is 10.8 Å². The second-order valence-corrected chi connectivity index (χ2v) is 8.38. The van der Waals surface area contributed by atoms with Crippen LogP contribution in [0.3, 0.4) is 0 Å². The number of benzene rings is 2. The number of amides is 1. The molecule has 5 heteroatoms. The van der Waals surface area contributed by atoms with Crippen molar-refractivity contribution in [2.45, 2.75) is 31.6 Å². The Morgan fingerprint density at radius 1 is 1.04 bits per heavy atom. The largest absolute Gasteiger partial charge is 0.481 e. The van der Waals surface area contributed by atoms with Gasteiger partial charge in [-0.15, -0.1) is 0 Å². The van der Waals surface area contributed by atoms with Crippen LogP contribution in [-0.2, 0) is 9.53 Å². The highest BCUT2D eigenvalue weighted by atomic mass is 16.5. The minimum absolute atomic E-state index is 0.00508. The first-order valence-corrected chi connectivity index (χ1v) is 9.89. The fourth-order valence-corrected chi connectivity index (χ4v) is 5.29. The van der Waals surface area contributed by atoms with Crippen LogP contribution in [0.4, 0.5) is 4.79 Å². The number of carbonyl (C=O) groups excluding carboxylic acids is 1. The van der Waals surface area contributed by atoms with Gasteiger partial charge in [-0.3, -0.25) is 4.79 Å². The first kappa shape index (κ1) is 17.3. The van der Waals surface area contributed by atoms with Crippen molar-refractivity contribution in [2.75, 3.05) is 13.2 Å². The number of carboxylic acids is 1. The Labute approximate surface area is 163 Å². The second-order valence-electron chi connectivity index (χ2n) is 8.38. The Bertz CT molecular complexity index is 919. The molecule has 3 aliphatic rings. The molecule has 1 amide bonds. The van der Waals surface area contributed by atoms with Gasteiger partial charge in [-0.2, -0.15) is 0 Å². The highest BCUT2D eigenvalue weighted by molar-refractivity contribution is 5.82. The van der Waals surface area contributed by atoms with Crippen molar-refractivity contribution in [1.29, 1.82) is 0 Å². The number of hydrogen-bond acceptors (Lipinski definition) is 3. The molecule has 0 saturated heterocycles. The summed E-state index contributed by atoms with van der Waals surface area (Å²) in [6, 6.07) is 16.4. The van der Waals surface area contributed by atoms with Gasteiger partial charge in [0, 0.05) is 12.5 Å². The molecule has 28 heavy (non-hydrogen) atoms. The highest BCUT2D eigenvalue weighted by Gasteiger charge is 2.73. The average molecular weight is 377 g/mol. The summed E-state index contributed by atoms with van der Waals surface area (Å²) in [6.45, 7) is 0.393. The zero-order chi connectivity index (χ0) is 19.4. The van der Waals surface area contributed by atoms with Gasteiger partial charge in [-0.1, -0.05) is 55.0 Å². The Morgan fingerprint density at radius 2 is 1.64 bits per heavy atom. The van der Waals surface area contributed by atoms with Crippen LogP contribution in [0.2, 0.25) is 0 Å². The Kier molecular flexibility index (Phi) is 3.76. The lowest BCUT2D eigenvalue weighted by molar-refractivity contribution is -0.145. The number of hydrogen-bond donors (Lipinski definition) is 2. The van der Waals surface area contributed by atoms with Gasteiger partial charge in [0.15, 0.2) is 0 Å². The van der Waals surface area contributed by atoms with Crippen molar-refractivity contribution in [1.82, 2.24) is 5.32 Å². The Morgan fingerprint density at radius 3 is 2.14 bits per heavy atom. The predicted molar refractivity (Wildman–Crippen MR) is 104 cm³/mol. The van der Waals surface area contributed by atoms with Gasteiger partial charge in [0.05, 0.1) is 5.41 Å². The van der Waals surface area contributed by atoms with Crippen LogP contribution >= 0.6 is 0 Å². The van der Waals surface area contributed by atoms with Crippen LogP contribution in [0.25, 0.3) is 11.1 Å². The molecule has 1 unspecified atom stereocenters. The number of carbonyl (C=O) groups is 2. The molecule has 5 nitrogen and oxygen atoms in total. The van der Waals surface area contributed by atoms with Crippen LogP contribution in [0.15, 0.2) is 48.5 Å². The maximum atomic E-state index is 12.3. The van der Waals surface area contributed by atoms with E-state index in [1.54, 1.807) is 0 Å². The second kappa shape index (κ2) is 6.09. The molecule has 0 aromatic heterocycles. The predicted octanol–water partition coefficient (Wildman–Crippen LogP) is 4.17. The summed E-state index contributed by atoms with van der Waals surface area (Å²) in [5.74, 6) is -0.795. The summed E-state index contributed by atoms with van der Waals surface area (Å²) in [4.78, 5) is 24.1. The number of fused-ring (bicyclic) bond motifs is 3. The van der Waals surface area contributed by atoms with Crippen molar-refractivity contribution in [3.05, 3.63) is 59.7 Å². The third-order valence-electron chi connectivity index (χ3n) is 7.13. The van der Waals surface area contributed by atoms with Gasteiger partial charge in [-0.25, -0.2) is 4.79 Å². The number of carboxylic acid groups (broad SMARTS) is 1. The van der Waals surface area contributed by atoms with Crippen molar-refractivity contribution in [3.8, 4) is 11.1 Å². The summed E-state index contributed by atoms with van der Waals surface area (Å²) in [6.07, 6.45) is 3.11. The number of rotatable bonds is 5. The van der Waals surface area contributed by atoms with Crippen LogP contribution in [0.1, 0.15) is 42.7 Å². The molecule has 0 radical (unpaired) electrons. The minimum atomic E-state index is -0.800. The van der Waals surface area contributed by atoms with E-state index in [1.165, 1.54) is 11.1 Å². The molecule has 2 saturated carbocycles. The average Bonchev–Trinajstić information content (AvgIpc) is 3.30. The summed E-state index contributed by atoms with van der Waals surface area (Å²) >= 11 is 0. The summed E-state index contributed by atoms with van der Waals surface area (Å²) in [7, 11) is 0. The number of nitrogens with one attached hydrogen (secondary N) is 1. The molecule has 0 aliphatic heterocycles. The lowest BCUT2D eigenvalue weighted by atomic mass is 9.75. The third kappa shape index (κ3) is 2.38. The van der Waals surface area contributed by atoms with E-state index in [9.17, 15) is 14.7 Å². The molecule has 5 rings (SSSR count). The van der Waals surface area contributed by atoms with E-state index >= 15 is 0 Å². The van der Waals surface area contributed by atoms with E-state index in [1.807, 2.05) is 24.3 Å². The normalized spacial score (nSPS) is 23.4. The van der Waals surface area contributed by atoms with E-state index in [0.717, 1.165) is 30.4 Å². The third-order valence-corrected chi connectivity index (χ3v) is 7.13. The molecule has 0 bridgehead atoms. The fraction of sp³-hybridized carbons (Fsp3) is 0.391. The molecule has 3 aliphatic carbocycles. The van der Waals surface area contributed by atoms with Crippen molar-refractivity contribution in [3.63, 3.8) is 0 Å². The maximum Gasteiger partial charge on any atom is 0.407 e. The molecular weight excluding hydrogens is 354 g/mol. The SMILES string of the molecule is O=C(NCC1(C(=O)O)CC12CCC2)OCC1c2ccccc2-c2ccccc21. The molecule has 2 fully saturated rings. The topological polar surface area (TPSA) is 75.6 Å². The fourth-order valence-electron chi connectivity index (χ4n) is 5.29. The standard InChI is InChI=1S/C23H23NO4/c25-20(26)23(13-22(23)10-5-11-22)14-24-21(27)28-12-19-17-8-3-1-6-15(17)16-7-2-4-9-18(16)19/h1-4,6-9,19H,5,10-14H2,(H,24,27)(H,25,26). The first-order chi connectivity index (χ1) is 13.6. The van der Waals surface area contributed by atoms with E-state index in [2.05, 4.69) is 29.6 Å². The molecule has 0 heterocycles. The minimum Gasteiger partial charge on any atom is -0.481 e. The van der Waals surface area contributed by atoms with Crippen LogP contribution < -0.4 is 5.32 Å². The quantitative estimate of drug-likeness (QED) is 0.820. The number of ether oxygens (including phenoxy) is 1. The van der Waals surface area contributed by atoms with Gasteiger partial charge < -0.3 is 15.2 Å². The van der Waals surface area contributed by atoms with Crippen LogP contribution in [0.5, 0.6) is 0 Å². The highest BCUT2D eigenvalue weighted by Crippen LogP contribution is 2.73. The lowest BCUT2D eigenvalue weighted by Gasteiger charge is -2.30. The summed E-state index contributed by atoms with van der Waals surface area (Å²) < 4.78 is 5.52. The van der Waals surface area contributed by atoms with Gasteiger partial charge >= 0.3 is 12.1 Å². The van der Waals surface area contributed by atoms with Gasteiger partial charge in [-0.05, 0) is 46.9 Å². The number of alkyl carbamates (subject to hydrolysis) is 1. The van der Waals surface area contributed by atoms with Gasteiger partial charge in [0.25, 0.3) is 0 Å². The molecule has 1 spiro atoms. The van der Waals surface area contributed by atoms with Gasteiger partial charge in [0.1, 0.15) is 6.61 Å². The maximum absolute atomic E-state index is 12.3. The first-order valence-electron chi connectivity index (χ1n) is 9.89. The van der Waals surface area contributed by atoms with Crippen molar-refractivity contribution < 1.29 is 19.4 Å². The Balaban J connectivity index is 1.25. The van der Waals surface area contributed by atoms with E-state index in [0.29, 0.717) is 6.42 Å². The molecule has 144 valence electrons. The Hall–Kier alpha value is -2.82.